The van der Waals surface area contributed by atoms with Gasteiger partial charge in [-0.1, -0.05) is 0 Å². The normalized spacial score (nSPS) is 25.2. The second-order valence-corrected chi connectivity index (χ2v) is 8.49. The first-order valence-electron chi connectivity index (χ1n) is 12.0. The van der Waals surface area contributed by atoms with Crippen LogP contribution in [0.4, 0.5) is 0 Å². The van der Waals surface area contributed by atoms with Crippen LogP contribution in [-0.2, 0) is 28.5 Å². The average molecular weight is 457 g/mol. The number of nitrogens with zero attached hydrogens (tertiary/aromatic N) is 4. The Morgan fingerprint density at radius 1 is 0.500 bits per heavy atom. The smallest absolute Gasteiger partial charge is 0.223 e. The van der Waals surface area contributed by atoms with E-state index in [1.807, 2.05) is 9.80 Å². The lowest BCUT2D eigenvalue weighted by molar-refractivity contribution is -0.130. The summed E-state index contributed by atoms with van der Waals surface area (Å²) in [6, 6.07) is 0. The van der Waals surface area contributed by atoms with Gasteiger partial charge in [0.15, 0.2) is 0 Å². The van der Waals surface area contributed by atoms with Crippen LogP contribution in [0, 0.1) is 0 Å². The summed E-state index contributed by atoms with van der Waals surface area (Å²) in [4.78, 5) is 32.2. The van der Waals surface area contributed by atoms with Crippen LogP contribution in [0.3, 0.4) is 0 Å². The highest BCUT2D eigenvalue weighted by atomic mass is 16.5. The maximum absolute atomic E-state index is 12.0. The van der Waals surface area contributed by atoms with Crippen molar-refractivity contribution < 1.29 is 28.5 Å². The molecule has 184 valence electrons. The number of ether oxygens (including phenoxy) is 4. The Balaban J connectivity index is 1.40. The molecule has 2 amide bonds. The van der Waals surface area contributed by atoms with Crippen LogP contribution in [0.1, 0.15) is 25.7 Å². The van der Waals surface area contributed by atoms with E-state index in [0.29, 0.717) is 79.0 Å². The lowest BCUT2D eigenvalue weighted by Crippen LogP contribution is -2.42. The van der Waals surface area contributed by atoms with Gasteiger partial charge in [0.1, 0.15) is 0 Å². The second kappa shape index (κ2) is 14.8. The monoisotopic (exact) mass is 456 g/mol. The fourth-order valence-corrected chi connectivity index (χ4v) is 4.11. The van der Waals surface area contributed by atoms with E-state index in [-0.39, 0.29) is 11.8 Å². The maximum Gasteiger partial charge on any atom is 0.223 e. The molecule has 3 rings (SSSR count). The van der Waals surface area contributed by atoms with Crippen molar-refractivity contribution in [1.29, 1.82) is 0 Å². The Morgan fingerprint density at radius 2 is 0.844 bits per heavy atom. The summed E-state index contributed by atoms with van der Waals surface area (Å²) in [5.74, 6) is 0.465. The van der Waals surface area contributed by atoms with Crippen molar-refractivity contribution in [2.45, 2.75) is 25.7 Å². The molecule has 0 aromatic heterocycles. The van der Waals surface area contributed by atoms with Crippen molar-refractivity contribution in [3.8, 4) is 0 Å². The summed E-state index contributed by atoms with van der Waals surface area (Å²) in [7, 11) is 0. The van der Waals surface area contributed by atoms with Crippen LogP contribution < -0.4 is 0 Å². The molecule has 0 atom stereocenters. The van der Waals surface area contributed by atoms with Crippen molar-refractivity contribution in [2.75, 3.05) is 105 Å². The summed E-state index contributed by atoms with van der Waals surface area (Å²) in [5.41, 5.74) is 0. The highest BCUT2D eigenvalue weighted by molar-refractivity contribution is 5.78. The van der Waals surface area contributed by atoms with E-state index < -0.39 is 0 Å². The standard InChI is InChI=1S/C22H40N4O6/c27-21-3-1-5-25(21)19-23-7-11-29-15-17-31-13-9-24(20-26-6-2-4-22(26)28)10-14-32-18-16-30-12-8-23/h1-20H2. The Kier molecular flexibility index (Phi) is 11.7. The van der Waals surface area contributed by atoms with Gasteiger partial charge < -0.3 is 28.7 Å². The Morgan fingerprint density at radius 3 is 1.12 bits per heavy atom. The first-order valence-corrected chi connectivity index (χ1v) is 12.0. The summed E-state index contributed by atoms with van der Waals surface area (Å²) < 4.78 is 23.0. The summed E-state index contributed by atoms with van der Waals surface area (Å²) in [5, 5.41) is 0. The number of amides is 2. The number of carbonyl (C=O) groups is 2. The Labute approximate surface area is 191 Å². The van der Waals surface area contributed by atoms with Gasteiger partial charge in [-0.15, -0.1) is 0 Å². The SMILES string of the molecule is O=C1CCCN1CN1CCOCCOCCN(CN2CCCC2=O)CCOCCOCC1. The van der Waals surface area contributed by atoms with Crippen LogP contribution in [-0.4, -0.2) is 137 Å². The molecule has 0 spiro atoms. The third-order valence-electron chi connectivity index (χ3n) is 6.04. The van der Waals surface area contributed by atoms with Gasteiger partial charge in [-0.25, -0.2) is 0 Å². The molecule has 0 aromatic rings. The van der Waals surface area contributed by atoms with E-state index in [4.69, 9.17) is 18.9 Å². The highest BCUT2D eigenvalue weighted by Crippen LogP contribution is 2.11. The predicted molar refractivity (Wildman–Crippen MR) is 118 cm³/mol. The number of likely N-dealkylation sites (tertiary alicyclic amines) is 2. The van der Waals surface area contributed by atoms with Gasteiger partial charge in [0.25, 0.3) is 0 Å². The number of hydrogen-bond acceptors (Lipinski definition) is 8. The van der Waals surface area contributed by atoms with Crippen LogP contribution in [0.2, 0.25) is 0 Å². The van der Waals surface area contributed by atoms with Gasteiger partial charge in [-0.05, 0) is 12.8 Å². The van der Waals surface area contributed by atoms with Crippen LogP contribution in [0.15, 0.2) is 0 Å². The van der Waals surface area contributed by atoms with Crippen LogP contribution in [0.5, 0.6) is 0 Å². The molecule has 32 heavy (non-hydrogen) atoms. The quantitative estimate of drug-likeness (QED) is 0.577. The number of carbonyl (C=O) groups excluding carboxylic acids is 2. The zero-order valence-electron chi connectivity index (χ0n) is 19.4. The van der Waals surface area contributed by atoms with Gasteiger partial charge in [-0.2, -0.15) is 0 Å². The van der Waals surface area contributed by atoms with Gasteiger partial charge in [-0.3, -0.25) is 19.4 Å². The van der Waals surface area contributed by atoms with Crippen molar-refractivity contribution >= 4 is 11.8 Å². The molecular weight excluding hydrogens is 416 g/mol. The fraction of sp³-hybridized carbons (Fsp3) is 0.909. The van der Waals surface area contributed by atoms with E-state index in [2.05, 4.69) is 9.80 Å². The Bertz CT molecular complexity index is 499. The lowest BCUT2D eigenvalue weighted by atomic mass is 10.4. The third-order valence-corrected chi connectivity index (χ3v) is 6.04. The molecule has 0 aliphatic carbocycles. The molecule has 3 fully saturated rings. The van der Waals surface area contributed by atoms with Gasteiger partial charge in [0.2, 0.25) is 11.8 Å². The van der Waals surface area contributed by atoms with E-state index in [1.54, 1.807) is 0 Å². The van der Waals surface area contributed by atoms with Crippen molar-refractivity contribution in [3.05, 3.63) is 0 Å². The Hall–Kier alpha value is -1.30. The van der Waals surface area contributed by atoms with Crippen LogP contribution in [0.25, 0.3) is 0 Å². The minimum absolute atomic E-state index is 0.233. The number of hydrogen-bond donors (Lipinski definition) is 0. The fourth-order valence-electron chi connectivity index (χ4n) is 4.11. The van der Waals surface area contributed by atoms with E-state index in [9.17, 15) is 9.59 Å². The number of rotatable bonds is 4. The third kappa shape index (κ3) is 9.29. The zero-order valence-corrected chi connectivity index (χ0v) is 19.4. The molecule has 0 saturated carbocycles. The van der Waals surface area contributed by atoms with Crippen LogP contribution >= 0.6 is 0 Å². The molecule has 0 N–H and O–H groups in total. The molecule has 0 radical (unpaired) electrons. The summed E-state index contributed by atoms with van der Waals surface area (Å²) >= 11 is 0. The molecule has 10 nitrogen and oxygen atoms in total. The largest absolute Gasteiger partial charge is 0.378 e. The molecular formula is C22H40N4O6. The molecule has 0 unspecified atom stereocenters. The molecule has 0 bridgehead atoms. The summed E-state index contributed by atoms with van der Waals surface area (Å²) in [6.45, 7) is 10.5. The van der Waals surface area contributed by atoms with Crippen molar-refractivity contribution in [2.24, 2.45) is 0 Å². The molecule has 3 saturated heterocycles. The van der Waals surface area contributed by atoms with Gasteiger partial charge in [0.05, 0.1) is 66.2 Å². The summed E-state index contributed by atoms with van der Waals surface area (Å²) in [6.07, 6.45) is 3.20. The van der Waals surface area contributed by atoms with Gasteiger partial charge >= 0.3 is 0 Å². The molecule has 10 heteroatoms. The molecule has 3 aliphatic rings. The molecule has 3 aliphatic heterocycles. The topological polar surface area (TPSA) is 84.0 Å². The van der Waals surface area contributed by atoms with Gasteiger partial charge in [0, 0.05) is 52.1 Å². The highest BCUT2D eigenvalue weighted by Gasteiger charge is 2.23. The van der Waals surface area contributed by atoms with E-state index >= 15 is 0 Å². The molecule has 0 aromatic carbocycles. The first kappa shape index (κ1) is 25.3. The predicted octanol–water partition coefficient (Wildman–Crippen LogP) is -0.170. The first-order chi connectivity index (χ1) is 15.7. The average Bonchev–Trinajstić information content (AvgIpc) is 3.38. The van der Waals surface area contributed by atoms with Crippen molar-refractivity contribution in [3.63, 3.8) is 0 Å². The minimum atomic E-state index is 0.233. The molecule has 3 heterocycles. The van der Waals surface area contributed by atoms with E-state index in [0.717, 1.165) is 52.1 Å². The zero-order chi connectivity index (χ0) is 22.4. The lowest BCUT2D eigenvalue weighted by Gasteiger charge is -2.28. The van der Waals surface area contributed by atoms with E-state index in [1.165, 1.54) is 0 Å². The maximum atomic E-state index is 12.0. The second-order valence-electron chi connectivity index (χ2n) is 8.49. The van der Waals surface area contributed by atoms with Crippen molar-refractivity contribution in [1.82, 2.24) is 19.6 Å². The minimum Gasteiger partial charge on any atom is -0.378 e.